The van der Waals surface area contributed by atoms with Crippen LogP contribution in [0.5, 0.6) is 0 Å². The Labute approximate surface area is 63.7 Å². The third kappa shape index (κ3) is 1.49. The summed E-state index contributed by atoms with van der Waals surface area (Å²) in [6, 6.07) is 0. The van der Waals surface area contributed by atoms with E-state index in [1.54, 1.807) is 0 Å². The Morgan fingerprint density at radius 3 is 2.56 bits per heavy atom. The Morgan fingerprint density at radius 1 is 1.67 bits per heavy atom. The molecule has 0 aromatic rings. The molecule has 0 saturated carbocycles. The minimum Gasteiger partial charge on any atom is -0.389 e. The molecule has 9 heavy (non-hydrogen) atoms. The molecule has 3 atom stereocenters. The molecule has 0 bridgehead atoms. The highest BCUT2D eigenvalue weighted by molar-refractivity contribution is 6.21. The Morgan fingerprint density at radius 2 is 2.33 bits per heavy atom. The van der Waals surface area contributed by atoms with Crippen molar-refractivity contribution in [2.45, 2.75) is 17.6 Å². The van der Waals surface area contributed by atoms with E-state index >= 15 is 0 Å². The van der Waals surface area contributed by atoms with Gasteiger partial charge in [-0.1, -0.05) is 0 Å². The molecule has 0 aromatic heterocycles. The second-order valence-electron chi connectivity index (χ2n) is 2.03. The maximum absolute atomic E-state index is 9.12. The van der Waals surface area contributed by atoms with Gasteiger partial charge in [-0.25, -0.2) is 0 Å². The van der Waals surface area contributed by atoms with Crippen molar-refractivity contribution in [2.75, 3.05) is 12.5 Å². The number of ether oxygens (including phenoxy) is 1. The van der Waals surface area contributed by atoms with Gasteiger partial charge in [-0.05, 0) is 0 Å². The number of aliphatic hydroxyl groups is 1. The van der Waals surface area contributed by atoms with Crippen LogP contribution in [-0.2, 0) is 4.74 Å². The SMILES string of the molecule is O[C@H]1[C@H](CCl)OC[C@@H]1Cl. The third-order valence-corrected chi connectivity index (χ3v) is 2.06. The first-order valence-corrected chi connectivity index (χ1v) is 3.72. The Balaban J connectivity index is 2.41. The molecule has 1 fully saturated rings. The number of hydrogen-bond acceptors (Lipinski definition) is 2. The van der Waals surface area contributed by atoms with Crippen molar-refractivity contribution in [3.05, 3.63) is 0 Å². The summed E-state index contributed by atoms with van der Waals surface area (Å²) in [5.74, 6) is 0.310. The molecular weight excluding hydrogens is 163 g/mol. The maximum Gasteiger partial charge on any atom is 0.0999 e. The Kier molecular flexibility index (Phi) is 2.59. The zero-order chi connectivity index (χ0) is 6.85. The fourth-order valence-electron chi connectivity index (χ4n) is 0.781. The Bertz CT molecular complexity index is 99.0. The lowest BCUT2D eigenvalue weighted by Crippen LogP contribution is -2.27. The summed E-state index contributed by atoms with van der Waals surface area (Å²) >= 11 is 11.0. The van der Waals surface area contributed by atoms with Gasteiger partial charge in [0.05, 0.1) is 30.1 Å². The molecule has 0 aromatic carbocycles. The van der Waals surface area contributed by atoms with Crippen LogP contribution in [-0.4, -0.2) is 35.2 Å². The molecular formula is C5H8Cl2O2. The average Bonchev–Trinajstić information content (AvgIpc) is 2.15. The molecule has 1 saturated heterocycles. The molecule has 1 rings (SSSR count). The van der Waals surface area contributed by atoms with Crippen LogP contribution in [0.1, 0.15) is 0 Å². The van der Waals surface area contributed by atoms with E-state index in [0.717, 1.165) is 0 Å². The van der Waals surface area contributed by atoms with E-state index in [1.165, 1.54) is 0 Å². The van der Waals surface area contributed by atoms with Gasteiger partial charge in [0.25, 0.3) is 0 Å². The molecule has 0 unspecified atom stereocenters. The highest BCUT2D eigenvalue weighted by Crippen LogP contribution is 2.19. The molecule has 0 aliphatic carbocycles. The van der Waals surface area contributed by atoms with Gasteiger partial charge in [-0.2, -0.15) is 0 Å². The van der Waals surface area contributed by atoms with Crippen molar-refractivity contribution in [2.24, 2.45) is 0 Å². The lowest BCUT2D eigenvalue weighted by molar-refractivity contribution is 0.0582. The smallest absolute Gasteiger partial charge is 0.0999 e. The van der Waals surface area contributed by atoms with Crippen molar-refractivity contribution in [3.8, 4) is 0 Å². The summed E-state index contributed by atoms with van der Waals surface area (Å²) in [7, 11) is 0. The quantitative estimate of drug-likeness (QED) is 0.585. The fraction of sp³-hybridized carbons (Fsp3) is 1.00. The van der Waals surface area contributed by atoms with Crippen LogP contribution in [0.25, 0.3) is 0 Å². The van der Waals surface area contributed by atoms with Crippen LogP contribution in [0.15, 0.2) is 0 Å². The second-order valence-corrected chi connectivity index (χ2v) is 2.90. The van der Waals surface area contributed by atoms with Crippen molar-refractivity contribution in [1.82, 2.24) is 0 Å². The standard InChI is InChI=1S/C5H8Cl2O2/c6-1-4-5(8)3(7)2-9-4/h3-5,8H,1-2H2/t3-,4-,5+/m0/s1. The van der Waals surface area contributed by atoms with E-state index in [0.29, 0.717) is 12.5 Å². The lowest BCUT2D eigenvalue weighted by Gasteiger charge is -2.09. The zero-order valence-corrected chi connectivity index (χ0v) is 6.27. The normalized spacial score (nSPS) is 43.7. The van der Waals surface area contributed by atoms with Crippen LogP contribution < -0.4 is 0 Å². The van der Waals surface area contributed by atoms with Gasteiger partial charge in [0.15, 0.2) is 0 Å². The molecule has 0 spiro atoms. The van der Waals surface area contributed by atoms with E-state index in [1.807, 2.05) is 0 Å². The van der Waals surface area contributed by atoms with Crippen LogP contribution >= 0.6 is 23.2 Å². The van der Waals surface area contributed by atoms with Gasteiger partial charge in [0.2, 0.25) is 0 Å². The summed E-state index contributed by atoms with van der Waals surface area (Å²) in [5, 5.41) is 8.83. The number of alkyl halides is 2. The number of aliphatic hydroxyl groups excluding tert-OH is 1. The molecule has 1 N–H and O–H groups in total. The van der Waals surface area contributed by atoms with Crippen LogP contribution in [0.4, 0.5) is 0 Å². The molecule has 4 heteroatoms. The molecule has 1 aliphatic heterocycles. The largest absolute Gasteiger partial charge is 0.389 e. The summed E-state index contributed by atoms with van der Waals surface area (Å²) in [4.78, 5) is 0. The first-order valence-electron chi connectivity index (χ1n) is 2.75. The average molecular weight is 171 g/mol. The predicted molar refractivity (Wildman–Crippen MR) is 36.1 cm³/mol. The van der Waals surface area contributed by atoms with Gasteiger partial charge < -0.3 is 9.84 Å². The van der Waals surface area contributed by atoms with E-state index in [2.05, 4.69) is 0 Å². The molecule has 2 nitrogen and oxygen atoms in total. The lowest BCUT2D eigenvalue weighted by atomic mass is 10.2. The van der Waals surface area contributed by atoms with Crippen LogP contribution in [0, 0.1) is 0 Å². The fourth-order valence-corrected chi connectivity index (χ4v) is 1.29. The highest BCUT2D eigenvalue weighted by Gasteiger charge is 2.33. The van der Waals surface area contributed by atoms with E-state index in [9.17, 15) is 0 Å². The van der Waals surface area contributed by atoms with Crippen molar-refractivity contribution < 1.29 is 9.84 Å². The van der Waals surface area contributed by atoms with Gasteiger partial charge >= 0.3 is 0 Å². The van der Waals surface area contributed by atoms with Crippen LogP contribution in [0.2, 0.25) is 0 Å². The van der Waals surface area contributed by atoms with Gasteiger partial charge in [-0.3, -0.25) is 0 Å². The van der Waals surface area contributed by atoms with Gasteiger partial charge in [0, 0.05) is 0 Å². The predicted octanol–water partition coefficient (Wildman–Crippen LogP) is 0.592. The summed E-state index contributed by atoms with van der Waals surface area (Å²) < 4.78 is 5.01. The monoisotopic (exact) mass is 170 g/mol. The zero-order valence-electron chi connectivity index (χ0n) is 4.76. The van der Waals surface area contributed by atoms with E-state index in [-0.39, 0.29) is 11.5 Å². The van der Waals surface area contributed by atoms with Crippen molar-refractivity contribution in [1.29, 1.82) is 0 Å². The number of rotatable bonds is 1. The maximum atomic E-state index is 9.12. The second kappa shape index (κ2) is 3.06. The molecule has 1 heterocycles. The molecule has 1 aliphatic rings. The number of halogens is 2. The van der Waals surface area contributed by atoms with E-state index in [4.69, 9.17) is 33.0 Å². The van der Waals surface area contributed by atoms with Crippen LogP contribution in [0.3, 0.4) is 0 Å². The molecule has 0 amide bonds. The Hall–Kier alpha value is 0.500. The summed E-state index contributed by atoms with van der Waals surface area (Å²) in [6.45, 7) is 0.403. The molecule has 0 radical (unpaired) electrons. The molecule has 54 valence electrons. The summed E-state index contributed by atoms with van der Waals surface area (Å²) in [5.41, 5.74) is 0. The first-order chi connectivity index (χ1) is 4.25. The number of hydrogen-bond donors (Lipinski definition) is 1. The summed E-state index contributed by atoms with van der Waals surface area (Å²) in [6.07, 6.45) is -0.863. The minimum absolute atomic E-state index is 0.269. The van der Waals surface area contributed by atoms with Crippen molar-refractivity contribution in [3.63, 3.8) is 0 Å². The van der Waals surface area contributed by atoms with E-state index < -0.39 is 6.10 Å². The first kappa shape index (κ1) is 7.61. The van der Waals surface area contributed by atoms with Gasteiger partial charge in [-0.15, -0.1) is 23.2 Å². The highest BCUT2D eigenvalue weighted by atomic mass is 35.5. The topological polar surface area (TPSA) is 29.5 Å². The third-order valence-electron chi connectivity index (χ3n) is 1.37. The van der Waals surface area contributed by atoms with Gasteiger partial charge in [0.1, 0.15) is 0 Å². The minimum atomic E-state index is -0.593. The van der Waals surface area contributed by atoms with Crippen molar-refractivity contribution >= 4 is 23.2 Å².